The fraction of sp³-hybridized carbons (Fsp3) is 0. The van der Waals surface area contributed by atoms with E-state index >= 15 is 0 Å². The monoisotopic (exact) mass is 624 g/mol. The van der Waals surface area contributed by atoms with Crippen molar-refractivity contribution in [3.8, 4) is 0 Å². The van der Waals surface area contributed by atoms with Crippen molar-refractivity contribution in [3.05, 3.63) is 0 Å². The minimum Gasteiger partial charge on any atom is 0 e. The van der Waals surface area contributed by atoms with E-state index in [-0.39, 0.29) is 137 Å². The smallest absolute Gasteiger partial charge is 0 e. The summed E-state index contributed by atoms with van der Waals surface area (Å²) < 4.78 is 0. The molecule has 0 aromatic rings. The van der Waals surface area contributed by atoms with Crippen LogP contribution in [0, 0.1) is 0 Å². The van der Waals surface area contributed by atoms with E-state index in [4.69, 9.17) is 0 Å². The van der Waals surface area contributed by atoms with Crippen molar-refractivity contribution in [2.45, 2.75) is 0 Å². The Morgan fingerprint density at radius 1 is 0.333 bits per heavy atom. The second-order valence-corrected chi connectivity index (χ2v) is 0. The average Bonchev–Trinajstić information content (AvgIpc) is 0. The van der Waals surface area contributed by atoms with Gasteiger partial charge in [0, 0.05) is 39.0 Å². The first-order chi connectivity index (χ1) is 0. The van der Waals surface area contributed by atoms with Gasteiger partial charge in [0.25, 0.3) is 0 Å². The second kappa shape index (κ2) is 33.8. The Balaban J connectivity index is 0. The molecule has 0 rings (SSSR count). The molecule has 6 heteroatoms. The Kier molecular flexibility index (Phi) is 263. The zero-order chi connectivity index (χ0) is 0. The molecule has 0 atom stereocenters. The fourth-order valence-corrected chi connectivity index (χ4v) is 0. The quantitative estimate of drug-likeness (QED) is 0.237. The van der Waals surface area contributed by atoms with Crippen LogP contribution in [0.5, 0.6) is 0 Å². The van der Waals surface area contributed by atoms with Crippen LogP contribution in [-0.2, 0) is 39.0 Å². The summed E-state index contributed by atoms with van der Waals surface area (Å²) in [6.07, 6.45) is 0. The van der Waals surface area contributed by atoms with Crippen LogP contribution in [0.15, 0.2) is 0 Å². The third-order valence-electron chi connectivity index (χ3n) is 0. The van der Waals surface area contributed by atoms with Crippen molar-refractivity contribution in [1.82, 2.24) is 0 Å². The Morgan fingerprint density at radius 2 is 0.333 bits per heavy atom. The van der Waals surface area contributed by atoms with Crippen molar-refractivity contribution in [1.29, 1.82) is 0 Å². The maximum Gasteiger partial charge on any atom is 0 e. The van der Waals surface area contributed by atoms with E-state index in [1.54, 1.807) is 0 Å². The third-order valence-corrected chi connectivity index (χ3v) is 0. The molecule has 0 heterocycles. The summed E-state index contributed by atoms with van der Waals surface area (Å²) in [5, 5.41) is 0. The maximum atomic E-state index is 0. The van der Waals surface area contributed by atoms with Gasteiger partial charge in [0.15, 0.2) is 0 Å². The Hall–Kier alpha value is 4.52. The molecule has 0 saturated carbocycles. The predicted octanol–water partition coefficient (Wildman–Crippen LogP) is -4.74. The van der Waals surface area contributed by atoms with Gasteiger partial charge in [-0.1, -0.05) is 0 Å². The molecule has 0 bridgehead atoms. The zero-order valence-corrected chi connectivity index (χ0v) is 26.3. The van der Waals surface area contributed by atoms with Crippen molar-refractivity contribution in [2.24, 2.45) is 0 Å². The summed E-state index contributed by atoms with van der Waals surface area (Å²) in [4.78, 5) is 0. The molecule has 0 spiro atoms. The van der Waals surface area contributed by atoms with E-state index in [1.165, 1.54) is 0 Å². The molecule has 0 aliphatic rings. The number of hydrogen-bond donors (Lipinski definition) is 0. The molecule has 0 N–H and O–H groups in total. The predicted molar refractivity (Wildman–Crippen MR) is 39.8 cm³/mol. The van der Waals surface area contributed by atoms with Crippen LogP contribution in [0.2, 0.25) is 0 Å². The molecule has 0 aliphatic carbocycles. The Bertz CT molecular complexity index is 5.51. The van der Waals surface area contributed by atoms with Crippen molar-refractivity contribution >= 4 is 97.7 Å². The van der Waals surface area contributed by atoms with Crippen molar-refractivity contribution in [3.63, 3.8) is 0 Å². The minimum absolute atomic E-state index is 0. The summed E-state index contributed by atoms with van der Waals surface area (Å²) in [5.74, 6) is 0. The molecule has 6 heavy (non-hydrogen) atoms. The first kappa shape index (κ1) is 46.7. The van der Waals surface area contributed by atoms with Gasteiger partial charge in [-0.3, -0.25) is 0 Å². The molecule has 0 fully saturated rings. The van der Waals surface area contributed by atoms with Gasteiger partial charge in [-0.15, -0.1) is 0 Å². The van der Waals surface area contributed by atoms with E-state index in [9.17, 15) is 0 Å². The standard InChI is InChI=1S/4Sb.2Zn.12H. The molecule has 0 amide bonds. The van der Waals surface area contributed by atoms with E-state index in [2.05, 4.69) is 0 Å². The van der Waals surface area contributed by atoms with Crippen LogP contribution in [-0.4, -0.2) is 97.7 Å². The SMILES string of the molecule is [SbH3].[SbH3].[SbH3].[SbH3].[Zn].[Zn]. The normalized spacial score (nSPS) is 0. The van der Waals surface area contributed by atoms with E-state index in [1.807, 2.05) is 0 Å². The Labute approximate surface area is 133 Å². The molecular weight excluding hydrogens is 618 g/mol. The zero-order valence-electron chi connectivity index (χ0n) is 4.24. The van der Waals surface area contributed by atoms with Gasteiger partial charge in [-0.25, -0.2) is 0 Å². The molecule has 0 radical (unpaired) electrons. The van der Waals surface area contributed by atoms with E-state index in [0.717, 1.165) is 0 Å². The van der Waals surface area contributed by atoms with Crippen LogP contribution in [0.25, 0.3) is 0 Å². The summed E-state index contributed by atoms with van der Waals surface area (Å²) in [6, 6.07) is 0. The summed E-state index contributed by atoms with van der Waals surface area (Å²) in [7, 11) is 0. The largest absolute Gasteiger partial charge is 0 e. The van der Waals surface area contributed by atoms with Gasteiger partial charge in [0.2, 0.25) is 0 Å². The van der Waals surface area contributed by atoms with Crippen LogP contribution in [0.1, 0.15) is 0 Å². The molecule has 0 saturated heterocycles. The summed E-state index contributed by atoms with van der Waals surface area (Å²) in [6.45, 7) is 0. The van der Waals surface area contributed by atoms with Gasteiger partial charge in [-0.05, 0) is 0 Å². The van der Waals surface area contributed by atoms with Gasteiger partial charge in [-0.2, -0.15) is 0 Å². The Morgan fingerprint density at radius 3 is 0.333 bits per heavy atom. The molecule has 0 nitrogen and oxygen atoms in total. The molecular formula is H12Sb4Zn2. The molecule has 0 aliphatic heterocycles. The fourth-order valence-electron chi connectivity index (χ4n) is 0. The molecule has 0 unspecified atom stereocenters. The summed E-state index contributed by atoms with van der Waals surface area (Å²) >= 11 is 0. The summed E-state index contributed by atoms with van der Waals surface area (Å²) in [5.41, 5.74) is 0. The van der Waals surface area contributed by atoms with Gasteiger partial charge in [0.1, 0.15) is 0 Å². The molecule has 36 valence electrons. The van der Waals surface area contributed by atoms with Crippen molar-refractivity contribution < 1.29 is 39.0 Å². The topological polar surface area (TPSA) is 0 Å². The molecule has 0 aromatic heterocycles. The van der Waals surface area contributed by atoms with E-state index in [0.29, 0.717) is 0 Å². The van der Waals surface area contributed by atoms with Gasteiger partial charge in [0.05, 0.1) is 0 Å². The van der Waals surface area contributed by atoms with Crippen LogP contribution in [0.4, 0.5) is 0 Å². The maximum absolute atomic E-state index is 0. The molecule has 0 aromatic carbocycles. The van der Waals surface area contributed by atoms with Crippen LogP contribution < -0.4 is 0 Å². The van der Waals surface area contributed by atoms with E-state index < -0.39 is 0 Å². The van der Waals surface area contributed by atoms with Crippen molar-refractivity contribution in [2.75, 3.05) is 0 Å². The second-order valence-electron chi connectivity index (χ2n) is 0. The third kappa shape index (κ3) is 23.6. The van der Waals surface area contributed by atoms with Gasteiger partial charge >= 0.3 is 97.7 Å². The number of rotatable bonds is 0. The first-order valence-corrected chi connectivity index (χ1v) is 0. The average molecular weight is 630 g/mol. The van der Waals surface area contributed by atoms with Crippen LogP contribution >= 0.6 is 0 Å². The number of hydrogen-bond acceptors (Lipinski definition) is 0. The first-order valence-electron chi connectivity index (χ1n) is 0. The van der Waals surface area contributed by atoms with Gasteiger partial charge < -0.3 is 0 Å². The minimum atomic E-state index is 0. The van der Waals surface area contributed by atoms with Crippen LogP contribution in [0.3, 0.4) is 0 Å².